The summed E-state index contributed by atoms with van der Waals surface area (Å²) in [6.07, 6.45) is 0. The second kappa shape index (κ2) is 4.71. The van der Waals surface area contributed by atoms with Crippen LogP contribution >= 0.6 is 0 Å². The standard InChI is InChI=1S/C11H10N4O3/c12-6-8-1-2-9(15(17)18)10(5-8)14-4-3-13-11(16)7-14/h1-2,5H,3-4,7H2,(H,13,16). The molecule has 1 aliphatic rings. The van der Waals surface area contributed by atoms with Crippen LogP contribution < -0.4 is 10.2 Å². The molecule has 0 aliphatic carbocycles. The summed E-state index contributed by atoms with van der Waals surface area (Å²) in [4.78, 5) is 23.3. The molecule has 1 saturated heterocycles. The molecular weight excluding hydrogens is 236 g/mol. The molecule has 1 aromatic carbocycles. The molecule has 1 N–H and O–H groups in total. The van der Waals surface area contributed by atoms with Gasteiger partial charge in [0.15, 0.2) is 0 Å². The van der Waals surface area contributed by atoms with E-state index in [9.17, 15) is 14.9 Å². The molecule has 0 unspecified atom stereocenters. The number of rotatable bonds is 2. The third-order valence-corrected chi connectivity index (χ3v) is 2.68. The molecule has 18 heavy (non-hydrogen) atoms. The van der Waals surface area contributed by atoms with E-state index in [1.54, 1.807) is 4.90 Å². The van der Waals surface area contributed by atoms with Crippen LogP contribution in [0.4, 0.5) is 11.4 Å². The van der Waals surface area contributed by atoms with Crippen molar-refractivity contribution in [1.29, 1.82) is 5.26 Å². The number of nitrogens with zero attached hydrogens (tertiary/aromatic N) is 3. The fraction of sp³-hybridized carbons (Fsp3) is 0.273. The summed E-state index contributed by atoms with van der Waals surface area (Å²) in [5, 5.41) is 22.4. The summed E-state index contributed by atoms with van der Waals surface area (Å²) in [5.74, 6) is -0.182. The highest BCUT2D eigenvalue weighted by Crippen LogP contribution is 2.29. The fourth-order valence-corrected chi connectivity index (χ4v) is 1.84. The predicted molar refractivity (Wildman–Crippen MR) is 63.0 cm³/mol. The molecule has 0 bridgehead atoms. The van der Waals surface area contributed by atoms with Gasteiger partial charge in [-0.25, -0.2) is 0 Å². The molecule has 0 spiro atoms. The predicted octanol–water partition coefficient (Wildman–Crippen LogP) is 0.403. The maximum absolute atomic E-state index is 11.3. The number of nitriles is 1. The Bertz CT molecular complexity index is 550. The SMILES string of the molecule is N#Cc1ccc([N+](=O)[O-])c(N2CCNC(=O)C2)c1. The normalized spacial score (nSPS) is 14.8. The summed E-state index contributed by atoms with van der Waals surface area (Å²) >= 11 is 0. The molecule has 1 fully saturated rings. The van der Waals surface area contributed by atoms with Crippen molar-refractivity contribution in [2.75, 3.05) is 24.5 Å². The van der Waals surface area contributed by atoms with Gasteiger partial charge in [0.2, 0.25) is 5.91 Å². The van der Waals surface area contributed by atoms with E-state index in [1.807, 2.05) is 6.07 Å². The quantitative estimate of drug-likeness (QED) is 0.601. The number of anilines is 1. The van der Waals surface area contributed by atoms with E-state index in [0.717, 1.165) is 0 Å². The first kappa shape index (κ1) is 11.9. The van der Waals surface area contributed by atoms with Gasteiger partial charge in [-0.2, -0.15) is 5.26 Å². The van der Waals surface area contributed by atoms with Crippen molar-refractivity contribution in [2.45, 2.75) is 0 Å². The number of hydrogen-bond donors (Lipinski definition) is 1. The maximum atomic E-state index is 11.3. The second-order valence-corrected chi connectivity index (χ2v) is 3.84. The lowest BCUT2D eigenvalue weighted by atomic mass is 10.1. The fourth-order valence-electron chi connectivity index (χ4n) is 1.84. The minimum Gasteiger partial charge on any atom is -0.355 e. The van der Waals surface area contributed by atoms with E-state index in [0.29, 0.717) is 24.3 Å². The molecule has 7 heteroatoms. The van der Waals surface area contributed by atoms with Crippen molar-refractivity contribution in [1.82, 2.24) is 5.32 Å². The zero-order chi connectivity index (χ0) is 13.1. The number of amides is 1. The van der Waals surface area contributed by atoms with Gasteiger partial charge >= 0.3 is 0 Å². The number of piperazine rings is 1. The summed E-state index contributed by atoms with van der Waals surface area (Å²) in [5.41, 5.74) is 0.555. The van der Waals surface area contributed by atoms with E-state index in [-0.39, 0.29) is 18.1 Å². The number of benzene rings is 1. The summed E-state index contributed by atoms with van der Waals surface area (Å²) in [7, 11) is 0. The largest absolute Gasteiger partial charge is 0.355 e. The van der Waals surface area contributed by atoms with E-state index in [4.69, 9.17) is 5.26 Å². The first-order valence-corrected chi connectivity index (χ1v) is 5.32. The van der Waals surface area contributed by atoms with Gasteiger partial charge in [-0.1, -0.05) is 0 Å². The van der Waals surface area contributed by atoms with Crippen LogP contribution in [0.15, 0.2) is 18.2 Å². The summed E-state index contributed by atoms with van der Waals surface area (Å²) in [6.45, 7) is 0.990. The smallest absolute Gasteiger partial charge is 0.292 e. The number of nitro benzene ring substituents is 1. The van der Waals surface area contributed by atoms with E-state index < -0.39 is 4.92 Å². The number of nitro groups is 1. The third-order valence-electron chi connectivity index (χ3n) is 2.68. The van der Waals surface area contributed by atoms with E-state index >= 15 is 0 Å². The van der Waals surface area contributed by atoms with Gasteiger partial charge in [0.05, 0.1) is 23.1 Å². The molecule has 1 aromatic rings. The molecule has 0 aromatic heterocycles. The van der Waals surface area contributed by atoms with Crippen LogP contribution in [0.1, 0.15) is 5.56 Å². The topological polar surface area (TPSA) is 99.3 Å². The Morgan fingerprint density at radius 1 is 1.50 bits per heavy atom. The lowest BCUT2D eigenvalue weighted by molar-refractivity contribution is -0.384. The highest BCUT2D eigenvalue weighted by Gasteiger charge is 2.24. The van der Waals surface area contributed by atoms with Gasteiger partial charge in [0, 0.05) is 19.2 Å². The van der Waals surface area contributed by atoms with Crippen LogP contribution in [-0.2, 0) is 4.79 Å². The Morgan fingerprint density at radius 2 is 2.28 bits per heavy atom. The molecular formula is C11H10N4O3. The molecule has 1 amide bonds. The Labute approximate surface area is 103 Å². The van der Waals surface area contributed by atoms with Crippen LogP contribution in [0.2, 0.25) is 0 Å². The average molecular weight is 246 g/mol. The van der Waals surface area contributed by atoms with Gasteiger partial charge in [-0.05, 0) is 12.1 Å². The maximum Gasteiger partial charge on any atom is 0.292 e. The third kappa shape index (κ3) is 2.22. The molecule has 1 aliphatic heterocycles. The monoisotopic (exact) mass is 246 g/mol. The van der Waals surface area contributed by atoms with Crippen LogP contribution in [0.5, 0.6) is 0 Å². The van der Waals surface area contributed by atoms with Crippen molar-refractivity contribution >= 4 is 17.3 Å². The van der Waals surface area contributed by atoms with Crippen molar-refractivity contribution in [3.63, 3.8) is 0 Å². The molecule has 1 heterocycles. The number of hydrogen-bond acceptors (Lipinski definition) is 5. The Morgan fingerprint density at radius 3 is 2.89 bits per heavy atom. The number of carbonyl (C=O) groups is 1. The summed E-state index contributed by atoms with van der Waals surface area (Å²) in [6, 6.07) is 6.06. The van der Waals surface area contributed by atoms with Crippen molar-refractivity contribution < 1.29 is 9.72 Å². The highest BCUT2D eigenvalue weighted by atomic mass is 16.6. The molecule has 7 nitrogen and oxygen atoms in total. The molecule has 0 saturated carbocycles. The second-order valence-electron chi connectivity index (χ2n) is 3.84. The van der Waals surface area contributed by atoms with Crippen molar-refractivity contribution in [3.8, 4) is 6.07 Å². The van der Waals surface area contributed by atoms with Gasteiger partial charge in [0.1, 0.15) is 5.69 Å². The van der Waals surface area contributed by atoms with Gasteiger partial charge < -0.3 is 10.2 Å². The molecule has 2 rings (SSSR count). The lowest BCUT2D eigenvalue weighted by Crippen LogP contribution is -2.47. The minimum atomic E-state index is -0.511. The first-order chi connectivity index (χ1) is 8.61. The van der Waals surface area contributed by atoms with Gasteiger partial charge in [0.25, 0.3) is 5.69 Å². The van der Waals surface area contributed by atoms with Crippen molar-refractivity contribution in [3.05, 3.63) is 33.9 Å². The summed E-state index contributed by atoms with van der Waals surface area (Å²) < 4.78 is 0. The van der Waals surface area contributed by atoms with Crippen LogP contribution in [-0.4, -0.2) is 30.5 Å². The Balaban J connectivity index is 2.43. The Kier molecular flexibility index (Phi) is 3.10. The van der Waals surface area contributed by atoms with Crippen LogP contribution in [0.25, 0.3) is 0 Å². The lowest BCUT2D eigenvalue weighted by Gasteiger charge is -2.28. The zero-order valence-electron chi connectivity index (χ0n) is 9.42. The van der Waals surface area contributed by atoms with Crippen molar-refractivity contribution in [2.24, 2.45) is 0 Å². The first-order valence-electron chi connectivity index (χ1n) is 5.32. The van der Waals surface area contributed by atoms with Crippen LogP contribution in [0, 0.1) is 21.4 Å². The number of nitrogens with one attached hydrogen (secondary N) is 1. The Hall–Kier alpha value is -2.62. The number of carbonyl (C=O) groups excluding carboxylic acids is 1. The zero-order valence-corrected chi connectivity index (χ0v) is 9.42. The van der Waals surface area contributed by atoms with Gasteiger partial charge in [-0.3, -0.25) is 14.9 Å². The van der Waals surface area contributed by atoms with E-state index in [1.165, 1.54) is 18.2 Å². The minimum absolute atomic E-state index is 0.0652. The van der Waals surface area contributed by atoms with E-state index in [2.05, 4.69) is 5.32 Å². The average Bonchev–Trinajstić information content (AvgIpc) is 2.38. The molecule has 0 radical (unpaired) electrons. The van der Waals surface area contributed by atoms with Gasteiger partial charge in [-0.15, -0.1) is 0 Å². The highest BCUT2D eigenvalue weighted by molar-refractivity contribution is 5.84. The molecule has 92 valence electrons. The van der Waals surface area contributed by atoms with Crippen LogP contribution in [0.3, 0.4) is 0 Å². The molecule has 0 atom stereocenters.